The van der Waals surface area contributed by atoms with Crippen LogP contribution in [0.15, 0.2) is 21.6 Å². The number of aromatic nitrogens is 2. The van der Waals surface area contributed by atoms with Crippen LogP contribution in [-0.4, -0.2) is 46.9 Å². The van der Waals surface area contributed by atoms with Gasteiger partial charge in [0, 0.05) is 29.8 Å². The number of carbonyl (C=O) groups excluding carboxylic acids is 1. The van der Waals surface area contributed by atoms with Gasteiger partial charge >= 0.3 is 5.51 Å². The molecule has 3 N–H and O–H groups in total. The summed E-state index contributed by atoms with van der Waals surface area (Å²) in [6, 6.07) is 0.970. The van der Waals surface area contributed by atoms with Crippen LogP contribution in [0.4, 0.5) is 27.6 Å². The Labute approximate surface area is 191 Å². The van der Waals surface area contributed by atoms with Crippen LogP contribution in [0.3, 0.4) is 0 Å². The van der Waals surface area contributed by atoms with E-state index in [2.05, 4.69) is 26.1 Å². The average Bonchev–Trinajstić information content (AvgIpc) is 3.50. The topological polar surface area (TPSA) is 92.1 Å². The largest absolute Gasteiger partial charge is 0.446 e. The highest BCUT2D eigenvalue weighted by Gasteiger charge is 2.36. The van der Waals surface area contributed by atoms with Gasteiger partial charge < -0.3 is 20.5 Å². The Kier molecular flexibility index (Phi) is 5.69. The number of carbonyl (C=O) groups is 1. The highest BCUT2D eigenvalue weighted by Crippen LogP contribution is 2.51. The van der Waals surface area contributed by atoms with Crippen molar-refractivity contribution in [1.29, 1.82) is 0 Å². The lowest BCUT2D eigenvalue weighted by Gasteiger charge is -2.16. The zero-order valence-electron chi connectivity index (χ0n) is 16.6. The number of anilines is 1. The third-order valence-corrected chi connectivity index (χ3v) is 7.57. The van der Waals surface area contributed by atoms with Crippen LogP contribution in [0.2, 0.25) is 0 Å². The molecule has 14 heteroatoms. The molecule has 2 aliphatic rings. The summed E-state index contributed by atoms with van der Waals surface area (Å²) in [6.45, 7) is 0.424. The van der Waals surface area contributed by atoms with Crippen molar-refractivity contribution in [2.24, 2.45) is 0 Å². The first-order valence-corrected chi connectivity index (χ1v) is 11.6. The van der Waals surface area contributed by atoms with Crippen LogP contribution in [0, 0.1) is 5.82 Å². The minimum Gasteiger partial charge on any atom is -0.377 e. The van der Waals surface area contributed by atoms with Crippen LogP contribution in [0.25, 0.3) is 20.8 Å². The molecule has 0 saturated carbocycles. The van der Waals surface area contributed by atoms with Gasteiger partial charge in [0.2, 0.25) is 17.6 Å². The second-order valence-electron chi connectivity index (χ2n) is 7.68. The normalized spacial score (nSPS) is 23.4. The quantitative estimate of drug-likeness (QED) is 0.350. The first-order valence-electron chi connectivity index (χ1n) is 9.94. The molecule has 1 amide bonds. The number of alkyl halides is 4. The monoisotopic (exact) mass is 505 g/mol. The Balaban J connectivity index is 1.60. The van der Waals surface area contributed by atoms with Gasteiger partial charge in [0.1, 0.15) is 18.0 Å². The molecule has 2 fully saturated rings. The number of thiophene rings is 1. The molecule has 0 radical (unpaired) electrons. The molecule has 3 aromatic rings. The van der Waals surface area contributed by atoms with E-state index < -0.39 is 41.3 Å². The molecule has 1 aromatic carbocycles. The molecular formula is C19H16F5N5O2S2. The van der Waals surface area contributed by atoms with E-state index in [1.54, 1.807) is 0 Å². The van der Waals surface area contributed by atoms with E-state index in [1.165, 1.54) is 0 Å². The second-order valence-corrected chi connectivity index (χ2v) is 9.77. The number of nitrogens with one attached hydrogen (secondary N) is 3. The minimum atomic E-state index is -4.66. The number of hydrogen-bond donors (Lipinski definition) is 3. The van der Waals surface area contributed by atoms with E-state index in [4.69, 9.17) is 4.52 Å². The van der Waals surface area contributed by atoms with Gasteiger partial charge in [-0.1, -0.05) is 5.16 Å². The first kappa shape index (κ1) is 22.3. The predicted molar refractivity (Wildman–Crippen MR) is 112 cm³/mol. The molecule has 2 aliphatic heterocycles. The molecule has 3 atom stereocenters. The highest BCUT2D eigenvalue weighted by molar-refractivity contribution is 8.00. The standard InChI is InChI=1S/C19H16F5N5O2S2/c20-7-3-8-14(11(4-7)26-12-6-25-5-9(12)21)32-16(15(8)33-19(22,23)24)17-28-18(31-29-17)10-1-2-13(30)27-10/h3-4,9-10,12,25-26H,1-2,5-6H2,(H,27,30)/t9-,10+,12+/m0/s1. The van der Waals surface area contributed by atoms with E-state index >= 15 is 0 Å². The first-order chi connectivity index (χ1) is 15.7. The fourth-order valence-electron chi connectivity index (χ4n) is 3.87. The maximum Gasteiger partial charge on any atom is 0.446 e. The molecule has 4 heterocycles. The summed E-state index contributed by atoms with van der Waals surface area (Å²) in [7, 11) is 0. The number of nitrogens with zero attached hydrogens (tertiary/aromatic N) is 2. The summed E-state index contributed by atoms with van der Waals surface area (Å²) < 4.78 is 74.2. The van der Waals surface area contributed by atoms with Crippen molar-refractivity contribution in [1.82, 2.24) is 20.8 Å². The van der Waals surface area contributed by atoms with Gasteiger partial charge in [-0.2, -0.15) is 18.2 Å². The molecule has 0 aliphatic carbocycles. The van der Waals surface area contributed by atoms with E-state index in [9.17, 15) is 26.7 Å². The fourth-order valence-corrected chi connectivity index (χ4v) is 5.95. The average molecular weight is 505 g/mol. The number of benzene rings is 1. The summed E-state index contributed by atoms with van der Waals surface area (Å²) in [6.07, 6.45) is -0.524. The maximum atomic E-state index is 14.4. The third kappa shape index (κ3) is 4.51. The van der Waals surface area contributed by atoms with Gasteiger partial charge in [-0.15, -0.1) is 11.3 Å². The van der Waals surface area contributed by atoms with Crippen LogP contribution >= 0.6 is 23.1 Å². The molecule has 7 nitrogen and oxygen atoms in total. The number of hydrogen-bond acceptors (Lipinski definition) is 8. The summed E-state index contributed by atoms with van der Waals surface area (Å²) in [5.74, 6) is -0.967. The Morgan fingerprint density at radius 3 is 2.76 bits per heavy atom. The SMILES string of the molecule is O=C1CC[C@H](c2nc(-c3sc4c(N[C@@H]5CNC[C@@H]5F)cc(F)cc4c3SC(F)(F)F)no2)N1. The van der Waals surface area contributed by atoms with Gasteiger partial charge in [-0.25, -0.2) is 8.78 Å². The molecule has 5 rings (SSSR count). The summed E-state index contributed by atoms with van der Waals surface area (Å²) in [5, 5.41) is 12.3. The fraction of sp³-hybridized carbons (Fsp3) is 0.421. The van der Waals surface area contributed by atoms with Gasteiger partial charge in [0.25, 0.3) is 0 Å². The highest BCUT2D eigenvalue weighted by atomic mass is 32.2. The molecule has 33 heavy (non-hydrogen) atoms. The van der Waals surface area contributed by atoms with Crippen molar-refractivity contribution < 1.29 is 31.3 Å². The molecule has 0 unspecified atom stereocenters. The summed E-state index contributed by atoms with van der Waals surface area (Å²) in [5.41, 5.74) is -4.47. The zero-order chi connectivity index (χ0) is 23.3. The maximum absolute atomic E-state index is 14.4. The number of fused-ring (bicyclic) bond motifs is 1. The Bertz CT molecular complexity index is 1210. The van der Waals surface area contributed by atoms with E-state index in [0.29, 0.717) is 17.7 Å². The lowest BCUT2D eigenvalue weighted by Crippen LogP contribution is -2.29. The molecular weight excluding hydrogens is 489 g/mol. The number of rotatable bonds is 5. The number of halogens is 5. The van der Waals surface area contributed by atoms with Gasteiger partial charge in [-0.3, -0.25) is 4.79 Å². The van der Waals surface area contributed by atoms with Gasteiger partial charge in [-0.05, 0) is 30.3 Å². The van der Waals surface area contributed by atoms with Gasteiger partial charge in [0.05, 0.1) is 21.3 Å². The Morgan fingerprint density at radius 1 is 1.27 bits per heavy atom. The Morgan fingerprint density at radius 2 is 2.09 bits per heavy atom. The van der Waals surface area contributed by atoms with E-state index in [-0.39, 0.29) is 51.4 Å². The van der Waals surface area contributed by atoms with Crippen LogP contribution in [-0.2, 0) is 4.79 Å². The lowest BCUT2D eigenvalue weighted by molar-refractivity contribution is -0.119. The lowest BCUT2D eigenvalue weighted by atomic mass is 10.1. The van der Waals surface area contributed by atoms with Crippen molar-refractivity contribution >= 4 is 44.8 Å². The Hall–Kier alpha value is -2.45. The molecule has 2 saturated heterocycles. The molecule has 2 aromatic heterocycles. The molecule has 0 spiro atoms. The van der Waals surface area contributed by atoms with E-state index in [1.807, 2.05) is 0 Å². The summed E-state index contributed by atoms with van der Waals surface area (Å²) >= 11 is 0.528. The zero-order valence-corrected chi connectivity index (χ0v) is 18.3. The van der Waals surface area contributed by atoms with Crippen LogP contribution in [0.5, 0.6) is 0 Å². The van der Waals surface area contributed by atoms with Crippen LogP contribution < -0.4 is 16.0 Å². The smallest absolute Gasteiger partial charge is 0.377 e. The van der Waals surface area contributed by atoms with Crippen molar-refractivity contribution in [2.75, 3.05) is 18.4 Å². The van der Waals surface area contributed by atoms with Gasteiger partial charge in [0.15, 0.2) is 0 Å². The third-order valence-electron chi connectivity index (χ3n) is 5.35. The molecule has 0 bridgehead atoms. The van der Waals surface area contributed by atoms with Crippen molar-refractivity contribution in [3.05, 3.63) is 23.8 Å². The van der Waals surface area contributed by atoms with Crippen molar-refractivity contribution in [2.45, 2.75) is 41.5 Å². The second kappa shape index (κ2) is 8.40. The van der Waals surface area contributed by atoms with Crippen LogP contribution in [0.1, 0.15) is 24.8 Å². The predicted octanol–water partition coefficient (Wildman–Crippen LogP) is 4.38. The molecule has 176 valence electrons. The summed E-state index contributed by atoms with van der Waals surface area (Å²) in [4.78, 5) is 15.4. The minimum absolute atomic E-state index is 0.0155. The van der Waals surface area contributed by atoms with E-state index in [0.717, 1.165) is 23.5 Å². The number of thioether (sulfide) groups is 1. The number of amides is 1. The van der Waals surface area contributed by atoms with Crippen molar-refractivity contribution in [3.8, 4) is 10.7 Å². The van der Waals surface area contributed by atoms with Crippen molar-refractivity contribution in [3.63, 3.8) is 0 Å².